The summed E-state index contributed by atoms with van der Waals surface area (Å²) >= 11 is 0. The highest BCUT2D eigenvalue weighted by Crippen LogP contribution is 2.63. The monoisotopic (exact) mass is 293 g/mol. The summed E-state index contributed by atoms with van der Waals surface area (Å²) < 4.78 is 28.7. The van der Waals surface area contributed by atoms with Crippen LogP contribution in [-0.4, -0.2) is 32.5 Å². The summed E-state index contributed by atoms with van der Waals surface area (Å²) in [5.41, 5.74) is -0.956. The van der Waals surface area contributed by atoms with E-state index >= 15 is 0 Å². The van der Waals surface area contributed by atoms with Gasteiger partial charge in [0.05, 0.1) is 12.7 Å². The molecule has 1 aromatic rings. The van der Waals surface area contributed by atoms with Crippen molar-refractivity contribution < 1.29 is 17.9 Å². The normalized spacial score (nSPS) is 28.4. The topological polar surface area (TPSA) is 84.2 Å². The number of nitrogens with zero attached hydrogens (tertiary/aromatic N) is 1. The Labute approximate surface area is 118 Å². The summed E-state index contributed by atoms with van der Waals surface area (Å²) in [5.74, 6) is -1.42. The molecular formula is C14H15NO4S. The number of hydrogen-bond donors (Lipinski definition) is 0. The van der Waals surface area contributed by atoms with Crippen LogP contribution in [0.15, 0.2) is 30.3 Å². The Bertz CT molecular complexity index is 662. The number of nitriles is 1. The van der Waals surface area contributed by atoms with Crippen LogP contribution in [0.1, 0.15) is 18.4 Å². The number of carbonyl (C=O) groups excluding carboxylic acids is 1. The summed E-state index contributed by atoms with van der Waals surface area (Å²) in [6.07, 6.45) is 1.05. The molecule has 0 aliphatic heterocycles. The van der Waals surface area contributed by atoms with Crippen LogP contribution < -0.4 is 0 Å². The van der Waals surface area contributed by atoms with Crippen molar-refractivity contribution in [2.45, 2.75) is 18.1 Å². The Hall–Kier alpha value is -1.87. The minimum atomic E-state index is -3.53. The van der Waals surface area contributed by atoms with Gasteiger partial charge in [0.1, 0.15) is 5.25 Å². The third kappa shape index (κ3) is 2.08. The number of carbonyl (C=O) groups is 1. The third-order valence-corrected chi connectivity index (χ3v) is 5.12. The van der Waals surface area contributed by atoms with Gasteiger partial charge in [-0.3, -0.25) is 4.79 Å². The van der Waals surface area contributed by atoms with Gasteiger partial charge in [0.15, 0.2) is 15.3 Å². The molecular weight excluding hydrogens is 278 g/mol. The molecule has 1 aliphatic rings. The second kappa shape index (κ2) is 4.91. The van der Waals surface area contributed by atoms with Crippen molar-refractivity contribution in [2.24, 2.45) is 5.41 Å². The largest absolute Gasteiger partial charge is 0.465 e. The lowest BCUT2D eigenvalue weighted by atomic mass is 10.0. The van der Waals surface area contributed by atoms with Crippen LogP contribution in [0.5, 0.6) is 0 Å². The zero-order valence-electron chi connectivity index (χ0n) is 11.2. The zero-order chi connectivity index (χ0) is 15.0. The number of sulfone groups is 1. The lowest BCUT2D eigenvalue weighted by Crippen LogP contribution is -2.24. The first-order valence-corrected chi connectivity index (χ1v) is 8.17. The molecule has 0 unspecified atom stereocenters. The van der Waals surface area contributed by atoms with Gasteiger partial charge in [-0.15, -0.1) is 0 Å². The predicted octanol–water partition coefficient (Wildman–Crippen LogP) is 1.27. The maximum Gasteiger partial charge on any atom is 0.328 e. The van der Waals surface area contributed by atoms with Crippen molar-refractivity contribution in [3.05, 3.63) is 35.9 Å². The fraction of sp³-hybridized carbons (Fsp3) is 0.429. The zero-order valence-corrected chi connectivity index (χ0v) is 12.1. The number of esters is 1. The number of rotatable bonds is 4. The maximum atomic E-state index is 12.1. The number of benzene rings is 1. The average Bonchev–Trinajstić information content (AvgIpc) is 3.11. The molecule has 6 heteroatoms. The van der Waals surface area contributed by atoms with Gasteiger partial charge in [0.25, 0.3) is 0 Å². The van der Waals surface area contributed by atoms with Gasteiger partial charge in [-0.05, 0) is 12.5 Å². The van der Waals surface area contributed by atoms with Crippen molar-refractivity contribution in [2.75, 3.05) is 12.9 Å². The van der Waals surface area contributed by atoms with Gasteiger partial charge >= 0.3 is 5.97 Å². The van der Waals surface area contributed by atoms with Crippen LogP contribution in [0.2, 0.25) is 0 Å². The van der Waals surface area contributed by atoms with E-state index in [2.05, 4.69) is 0 Å². The van der Waals surface area contributed by atoms with Crippen molar-refractivity contribution in [3.8, 4) is 6.07 Å². The fourth-order valence-electron chi connectivity index (χ4n) is 2.71. The van der Waals surface area contributed by atoms with E-state index in [1.165, 1.54) is 0 Å². The van der Waals surface area contributed by atoms with E-state index in [0.717, 1.165) is 6.26 Å². The summed E-state index contributed by atoms with van der Waals surface area (Å²) in [6, 6.07) is 10.6. The molecule has 1 aliphatic carbocycles. The van der Waals surface area contributed by atoms with Crippen molar-refractivity contribution in [1.29, 1.82) is 5.26 Å². The van der Waals surface area contributed by atoms with E-state index in [0.29, 0.717) is 5.56 Å². The first-order valence-electron chi connectivity index (χ1n) is 6.21. The molecule has 1 fully saturated rings. The molecule has 0 saturated heterocycles. The summed E-state index contributed by atoms with van der Waals surface area (Å²) in [7, 11) is -3.53. The Morgan fingerprint density at radius 3 is 2.45 bits per heavy atom. The molecule has 5 nitrogen and oxygen atoms in total. The van der Waals surface area contributed by atoms with Gasteiger partial charge in [0.2, 0.25) is 0 Å². The number of hydrogen-bond acceptors (Lipinski definition) is 5. The highest BCUT2D eigenvalue weighted by molar-refractivity contribution is 7.91. The highest BCUT2D eigenvalue weighted by Gasteiger charge is 2.76. The van der Waals surface area contributed by atoms with Gasteiger partial charge < -0.3 is 4.74 Å². The third-order valence-electron chi connectivity index (χ3n) is 3.55. The Balaban J connectivity index is 2.50. The molecule has 0 amide bonds. The molecule has 106 valence electrons. The fourth-order valence-corrected chi connectivity index (χ4v) is 4.47. The van der Waals surface area contributed by atoms with Crippen LogP contribution in [0.25, 0.3) is 0 Å². The van der Waals surface area contributed by atoms with Gasteiger partial charge in [-0.25, -0.2) is 8.42 Å². The van der Waals surface area contributed by atoms with E-state index in [1.807, 2.05) is 6.07 Å². The van der Waals surface area contributed by atoms with Gasteiger partial charge in [0, 0.05) is 12.2 Å². The molecule has 0 heterocycles. The lowest BCUT2D eigenvalue weighted by Gasteiger charge is -2.07. The van der Waals surface area contributed by atoms with E-state index in [9.17, 15) is 18.5 Å². The van der Waals surface area contributed by atoms with Crippen LogP contribution in [0.4, 0.5) is 0 Å². The van der Waals surface area contributed by atoms with E-state index in [4.69, 9.17) is 4.74 Å². The molecule has 3 atom stereocenters. The minimum Gasteiger partial charge on any atom is -0.465 e. The second-order valence-corrected chi connectivity index (χ2v) is 7.01. The quantitative estimate of drug-likeness (QED) is 0.780. The van der Waals surface area contributed by atoms with Crippen LogP contribution in [-0.2, 0) is 19.4 Å². The minimum absolute atomic E-state index is 0.111. The van der Waals surface area contributed by atoms with Crippen molar-refractivity contribution in [3.63, 3.8) is 0 Å². The van der Waals surface area contributed by atoms with Gasteiger partial charge in [-0.1, -0.05) is 30.3 Å². The average molecular weight is 293 g/mol. The first-order chi connectivity index (χ1) is 9.39. The Morgan fingerprint density at radius 1 is 1.40 bits per heavy atom. The molecule has 0 N–H and O–H groups in total. The molecule has 0 radical (unpaired) electrons. The molecule has 1 saturated carbocycles. The van der Waals surface area contributed by atoms with Gasteiger partial charge in [-0.2, -0.15) is 5.26 Å². The van der Waals surface area contributed by atoms with E-state index in [1.54, 1.807) is 37.3 Å². The van der Waals surface area contributed by atoms with Crippen molar-refractivity contribution in [1.82, 2.24) is 0 Å². The summed E-state index contributed by atoms with van der Waals surface area (Å²) in [5, 5.41) is 8.36. The lowest BCUT2D eigenvalue weighted by molar-refractivity contribution is -0.147. The maximum absolute atomic E-state index is 12.1. The molecule has 2 rings (SSSR count). The molecule has 1 aromatic carbocycles. The van der Waals surface area contributed by atoms with Crippen molar-refractivity contribution >= 4 is 15.8 Å². The molecule has 0 bridgehead atoms. The van der Waals surface area contributed by atoms with Crippen LogP contribution >= 0.6 is 0 Å². The molecule has 0 aromatic heterocycles. The predicted molar refractivity (Wildman–Crippen MR) is 72.5 cm³/mol. The van der Waals surface area contributed by atoms with Crippen LogP contribution in [0.3, 0.4) is 0 Å². The standard InChI is InChI=1S/C14H15NO4S/c1-3-19-13(16)14(9-15)11(12(14)20(2,17)18)10-7-5-4-6-8-10/h4-8,11-12H,3H2,1-2H3/t11-,12-,14-/m1/s1. The molecule has 20 heavy (non-hydrogen) atoms. The SMILES string of the molecule is CCOC(=O)[C@]1(C#N)[C@H](c2ccccc2)[C@H]1S(C)(=O)=O. The molecule has 0 spiro atoms. The smallest absolute Gasteiger partial charge is 0.328 e. The summed E-state index contributed by atoms with van der Waals surface area (Å²) in [4.78, 5) is 12.1. The second-order valence-electron chi connectivity index (χ2n) is 4.84. The van der Waals surface area contributed by atoms with Crippen LogP contribution in [0, 0.1) is 16.7 Å². The Kier molecular flexibility index (Phi) is 3.57. The summed E-state index contributed by atoms with van der Waals surface area (Å²) in [6.45, 7) is 1.73. The first kappa shape index (κ1) is 14.5. The van der Waals surface area contributed by atoms with E-state index in [-0.39, 0.29) is 6.61 Å². The Morgan fingerprint density at radius 2 is 2.00 bits per heavy atom. The number of ether oxygens (including phenoxy) is 1. The highest BCUT2D eigenvalue weighted by atomic mass is 32.2. The van der Waals surface area contributed by atoms with E-state index < -0.39 is 32.4 Å².